The molecule has 1 aliphatic rings. The number of carbonyl (C=O) groups is 1. The molecular weight excluding hydrogens is 351 g/mol. The van der Waals surface area contributed by atoms with Crippen molar-refractivity contribution in [1.82, 2.24) is 15.5 Å². The highest BCUT2D eigenvalue weighted by molar-refractivity contribution is 7.15. The molecule has 0 saturated carbocycles. The number of ether oxygens (including phenoxy) is 1. The van der Waals surface area contributed by atoms with Gasteiger partial charge in [-0.15, -0.1) is 10.2 Å². The van der Waals surface area contributed by atoms with Gasteiger partial charge in [-0.25, -0.2) is 9.18 Å². The summed E-state index contributed by atoms with van der Waals surface area (Å²) in [4.78, 5) is 11.9. The minimum Gasteiger partial charge on any atom is -0.394 e. The number of aliphatic hydroxyl groups excluding tert-OH is 2. The van der Waals surface area contributed by atoms with Gasteiger partial charge in [-0.2, -0.15) is 0 Å². The monoisotopic (exact) mass is 368 g/mol. The van der Waals surface area contributed by atoms with E-state index in [2.05, 4.69) is 20.8 Å². The van der Waals surface area contributed by atoms with Crippen LogP contribution in [0.25, 0.3) is 0 Å². The minimum absolute atomic E-state index is 0.244. The van der Waals surface area contributed by atoms with Crippen LogP contribution in [-0.2, 0) is 11.3 Å². The molecule has 0 radical (unpaired) electrons. The highest BCUT2D eigenvalue weighted by atomic mass is 32.1. The average Bonchev–Trinajstić information content (AvgIpc) is 3.20. The molecule has 10 heteroatoms. The van der Waals surface area contributed by atoms with E-state index in [1.165, 1.54) is 12.1 Å². The van der Waals surface area contributed by atoms with Crippen molar-refractivity contribution in [3.63, 3.8) is 0 Å². The number of aliphatic hydroxyl groups is 2. The van der Waals surface area contributed by atoms with Crippen LogP contribution < -0.4 is 10.6 Å². The largest absolute Gasteiger partial charge is 0.394 e. The van der Waals surface area contributed by atoms with Crippen molar-refractivity contribution in [3.8, 4) is 0 Å². The number of carbonyl (C=O) groups excluding carboxylic acids is 1. The Morgan fingerprint density at radius 2 is 2.12 bits per heavy atom. The first kappa shape index (κ1) is 17.7. The van der Waals surface area contributed by atoms with Crippen molar-refractivity contribution in [2.75, 3.05) is 11.9 Å². The van der Waals surface area contributed by atoms with Gasteiger partial charge in [0.25, 0.3) is 0 Å². The van der Waals surface area contributed by atoms with Crippen molar-refractivity contribution in [2.24, 2.45) is 0 Å². The van der Waals surface area contributed by atoms with Crippen molar-refractivity contribution in [1.29, 1.82) is 0 Å². The summed E-state index contributed by atoms with van der Waals surface area (Å²) in [6.07, 6.45) is -1.53. The summed E-state index contributed by atoms with van der Waals surface area (Å²) in [7, 11) is 0. The quantitative estimate of drug-likeness (QED) is 0.630. The molecule has 134 valence electrons. The minimum atomic E-state index is -0.755. The summed E-state index contributed by atoms with van der Waals surface area (Å²) in [5, 5.41) is 32.6. The van der Waals surface area contributed by atoms with Gasteiger partial charge in [0.2, 0.25) is 5.13 Å². The van der Waals surface area contributed by atoms with Crippen molar-refractivity contribution < 1.29 is 24.1 Å². The zero-order chi connectivity index (χ0) is 17.8. The molecule has 2 amide bonds. The number of amides is 2. The van der Waals surface area contributed by atoms with Crippen LogP contribution in [0.15, 0.2) is 24.3 Å². The lowest BCUT2D eigenvalue weighted by Gasteiger charge is -2.09. The van der Waals surface area contributed by atoms with Gasteiger partial charge in [-0.05, 0) is 17.7 Å². The Morgan fingerprint density at radius 1 is 1.36 bits per heavy atom. The molecule has 0 spiro atoms. The number of nitrogens with zero attached hydrogens (tertiary/aromatic N) is 2. The van der Waals surface area contributed by atoms with Crippen LogP contribution in [0.1, 0.15) is 23.1 Å². The second-order valence-corrected chi connectivity index (χ2v) is 6.54. The topological polar surface area (TPSA) is 117 Å². The summed E-state index contributed by atoms with van der Waals surface area (Å²) < 4.78 is 18.3. The Bertz CT molecular complexity index is 727. The molecule has 1 aromatic heterocycles. The normalized spacial score (nSPS) is 22.8. The van der Waals surface area contributed by atoms with Gasteiger partial charge in [0, 0.05) is 13.0 Å². The molecule has 1 aliphatic heterocycles. The van der Waals surface area contributed by atoms with Crippen LogP contribution in [-0.4, -0.2) is 45.3 Å². The fourth-order valence-electron chi connectivity index (χ4n) is 2.39. The van der Waals surface area contributed by atoms with Crippen LogP contribution in [0.5, 0.6) is 0 Å². The highest BCUT2D eigenvalue weighted by Gasteiger charge is 2.36. The van der Waals surface area contributed by atoms with E-state index in [1.54, 1.807) is 12.1 Å². The third kappa shape index (κ3) is 4.48. The van der Waals surface area contributed by atoms with Crippen molar-refractivity contribution in [2.45, 2.75) is 31.3 Å². The van der Waals surface area contributed by atoms with Gasteiger partial charge in [-0.1, -0.05) is 23.5 Å². The molecular formula is C15H17FN4O4S. The number of benzene rings is 1. The summed E-state index contributed by atoms with van der Waals surface area (Å²) in [6, 6.07) is 5.34. The van der Waals surface area contributed by atoms with Gasteiger partial charge in [-0.3, -0.25) is 5.32 Å². The molecule has 4 N–H and O–H groups in total. The van der Waals surface area contributed by atoms with E-state index in [0.29, 0.717) is 11.4 Å². The molecule has 0 bridgehead atoms. The second kappa shape index (κ2) is 7.83. The first-order valence-corrected chi connectivity index (χ1v) is 8.44. The van der Waals surface area contributed by atoms with Crippen LogP contribution in [0.2, 0.25) is 0 Å². The van der Waals surface area contributed by atoms with Crippen molar-refractivity contribution in [3.05, 3.63) is 40.7 Å². The average molecular weight is 368 g/mol. The maximum absolute atomic E-state index is 12.8. The molecule has 0 unspecified atom stereocenters. The molecule has 1 saturated heterocycles. The fourth-order valence-corrected chi connectivity index (χ4v) is 3.18. The SMILES string of the molecule is O=C(NCc1ccc(F)cc1)Nc1nnc([C@H]2C[C@H](O)[C@@H](CO)O2)s1. The molecule has 25 heavy (non-hydrogen) atoms. The lowest BCUT2D eigenvalue weighted by molar-refractivity contribution is -0.0227. The standard InChI is InChI=1S/C15H17FN4O4S/c16-9-3-1-8(2-4-9)6-17-14(23)18-15-20-19-13(25-15)11-5-10(22)12(7-21)24-11/h1-4,10-12,21-22H,5-7H2,(H2,17,18,20,23)/t10-,11+,12+/m0/s1. The van der Waals surface area contributed by atoms with E-state index in [4.69, 9.17) is 9.84 Å². The number of halogens is 1. The number of nitrogens with one attached hydrogen (secondary N) is 2. The maximum atomic E-state index is 12.8. The smallest absolute Gasteiger partial charge is 0.321 e. The lowest BCUT2D eigenvalue weighted by Crippen LogP contribution is -2.28. The van der Waals surface area contributed by atoms with E-state index in [1.807, 2.05) is 0 Å². The van der Waals surface area contributed by atoms with Crippen molar-refractivity contribution >= 4 is 22.5 Å². The molecule has 3 atom stereocenters. The van der Waals surface area contributed by atoms with Crippen LogP contribution >= 0.6 is 11.3 Å². The molecule has 2 heterocycles. The van der Waals surface area contributed by atoms with Crippen LogP contribution in [0.4, 0.5) is 14.3 Å². The first-order chi connectivity index (χ1) is 12.0. The predicted molar refractivity (Wildman–Crippen MR) is 87.5 cm³/mol. The Kier molecular flexibility index (Phi) is 5.53. The summed E-state index contributed by atoms with van der Waals surface area (Å²) in [5.41, 5.74) is 0.762. The number of hydrogen-bond acceptors (Lipinski definition) is 7. The molecule has 2 aromatic rings. The van der Waals surface area contributed by atoms with Gasteiger partial charge >= 0.3 is 6.03 Å². The molecule has 3 rings (SSSR count). The van der Waals surface area contributed by atoms with E-state index < -0.39 is 24.3 Å². The third-order valence-electron chi connectivity index (χ3n) is 3.71. The number of rotatable bonds is 5. The zero-order valence-electron chi connectivity index (χ0n) is 13.1. The highest BCUT2D eigenvalue weighted by Crippen LogP contribution is 2.35. The summed E-state index contributed by atoms with van der Waals surface area (Å²) >= 11 is 1.14. The molecule has 1 fully saturated rings. The number of hydrogen-bond donors (Lipinski definition) is 4. The molecule has 8 nitrogen and oxygen atoms in total. The number of aromatic nitrogens is 2. The first-order valence-electron chi connectivity index (χ1n) is 7.62. The second-order valence-electron chi connectivity index (χ2n) is 5.53. The zero-order valence-corrected chi connectivity index (χ0v) is 13.9. The molecule has 1 aromatic carbocycles. The van der Waals surface area contributed by atoms with Gasteiger partial charge in [0.15, 0.2) is 0 Å². The number of urea groups is 1. The Balaban J connectivity index is 1.51. The van der Waals surface area contributed by atoms with E-state index >= 15 is 0 Å². The lowest BCUT2D eigenvalue weighted by atomic mass is 10.1. The molecule has 0 aliphatic carbocycles. The fraction of sp³-hybridized carbons (Fsp3) is 0.400. The Morgan fingerprint density at radius 3 is 2.80 bits per heavy atom. The third-order valence-corrected chi connectivity index (χ3v) is 4.64. The van der Waals surface area contributed by atoms with E-state index in [0.717, 1.165) is 16.9 Å². The van der Waals surface area contributed by atoms with Gasteiger partial charge in [0.1, 0.15) is 23.0 Å². The Labute approximate surface area is 146 Å². The number of anilines is 1. The summed E-state index contributed by atoms with van der Waals surface area (Å²) in [5.74, 6) is -0.336. The van der Waals surface area contributed by atoms with Crippen LogP contribution in [0.3, 0.4) is 0 Å². The van der Waals surface area contributed by atoms with Crippen LogP contribution in [0, 0.1) is 5.82 Å². The Hall–Kier alpha value is -2.14. The predicted octanol–water partition coefficient (Wildman–Crippen LogP) is 1.18. The van der Waals surface area contributed by atoms with Gasteiger partial charge < -0.3 is 20.3 Å². The maximum Gasteiger partial charge on any atom is 0.321 e. The van der Waals surface area contributed by atoms with E-state index in [9.17, 15) is 14.3 Å². The van der Waals surface area contributed by atoms with Gasteiger partial charge in [0.05, 0.1) is 12.7 Å². The summed E-state index contributed by atoms with van der Waals surface area (Å²) in [6.45, 7) is -0.0265. The van der Waals surface area contributed by atoms with E-state index in [-0.39, 0.29) is 24.1 Å².